The number of fused-ring (bicyclic) bond motifs is 6. The number of pyridine rings is 4. The van der Waals surface area contributed by atoms with Gasteiger partial charge in [0.25, 0.3) is 0 Å². The molecule has 80 heavy (non-hydrogen) atoms. The number of benzene rings is 2. The molecule has 0 spiro atoms. The molecule has 2 saturated carbocycles. The van der Waals surface area contributed by atoms with Gasteiger partial charge in [-0.3, -0.25) is 29.3 Å². The third-order valence-corrected chi connectivity index (χ3v) is 18.2. The summed E-state index contributed by atoms with van der Waals surface area (Å²) in [5, 5.41) is 10.2. The molecule has 0 saturated heterocycles. The van der Waals surface area contributed by atoms with E-state index in [1.165, 1.54) is 12.1 Å². The van der Waals surface area contributed by atoms with Crippen molar-refractivity contribution in [1.29, 1.82) is 0 Å². The number of hydrogen-bond donors (Lipinski definition) is 0. The van der Waals surface area contributed by atoms with Crippen LogP contribution in [-0.4, -0.2) is 89.8 Å². The standard InChI is InChI=1S/2C29H28F3N5O2S/c2*1-17-14-35-36(2)27(17)19-12-25-26(34-15-19)22-6-5-21(40(3,38)39)13-24(22)37(25)28(23-7-4-20(30)16-33-23)18-8-10-29(31,32)11-9-18/h2*4-7,12-16,18,28H,8-11H2,1-3H3. The fourth-order valence-electron chi connectivity index (χ4n) is 12.1. The molecule has 2 aromatic carbocycles. The smallest absolute Gasteiger partial charge is 0.248 e. The Morgan fingerprint density at radius 3 is 1.19 bits per heavy atom. The predicted octanol–water partition coefficient (Wildman–Crippen LogP) is 12.5. The molecule has 0 N–H and O–H groups in total. The summed E-state index contributed by atoms with van der Waals surface area (Å²) < 4.78 is 143. The summed E-state index contributed by atoms with van der Waals surface area (Å²) in [6, 6.07) is 18.4. The molecule has 22 heteroatoms. The van der Waals surface area contributed by atoms with Gasteiger partial charge in [-0.15, -0.1) is 0 Å². The predicted molar refractivity (Wildman–Crippen MR) is 293 cm³/mol. The number of hydrogen-bond acceptors (Lipinski definition) is 10. The van der Waals surface area contributed by atoms with Gasteiger partial charge in [-0.2, -0.15) is 10.2 Å². The molecule has 8 aromatic heterocycles. The fraction of sp³-hybridized carbons (Fsp3) is 0.345. The number of nitrogens with zero attached hydrogens (tertiary/aromatic N) is 10. The van der Waals surface area contributed by atoms with Gasteiger partial charge in [-0.25, -0.2) is 43.2 Å². The molecule has 8 heterocycles. The minimum absolute atomic E-state index is 0.132. The Morgan fingerprint density at radius 1 is 0.500 bits per heavy atom. The molecule has 2 atom stereocenters. The van der Waals surface area contributed by atoms with Crippen LogP contribution in [0.3, 0.4) is 0 Å². The van der Waals surface area contributed by atoms with Crippen LogP contribution >= 0.6 is 0 Å². The van der Waals surface area contributed by atoms with Crippen molar-refractivity contribution in [3.63, 3.8) is 0 Å². The minimum Gasteiger partial charge on any atom is -0.330 e. The van der Waals surface area contributed by atoms with Crippen molar-refractivity contribution in [1.82, 2.24) is 48.6 Å². The van der Waals surface area contributed by atoms with Crippen molar-refractivity contribution in [2.75, 3.05) is 12.5 Å². The summed E-state index contributed by atoms with van der Waals surface area (Å²) in [6.45, 7) is 3.90. The third-order valence-electron chi connectivity index (χ3n) is 15.9. The molecular formula is C58H56F6N10O4S2. The molecule has 10 aromatic rings. The lowest BCUT2D eigenvalue weighted by molar-refractivity contribution is -0.0499. The molecule has 416 valence electrons. The zero-order valence-electron chi connectivity index (χ0n) is 44.5. The lowest BCUT2D eigenvalue weighted by Crippen LogP contribution is -2.31. The average molecular weight is 1140 g/mol. The quantitative estimate of drug-likeness (QED) is 0.120. The highest BCUT2D eigenvalue weighted by Crippen LogP contribution is 2.48. The topological polar surface area (TPSA) is 165 Å². The van der Waals surface area contributed by atoms with Gasteiger partial charge >= 0.3 is 0 Å². The molecule has 0 bridgehead atoms. The van der Waals surface area contributed by atoms with Crippen LogP contribution < -0.4 is 0 Å². The van der Waals surface area contributed by atoms with E-state index in [0.717, 1.165) is 69.3 Å². The SMILES string of the molecule is Cc1cnn(C)c1-c1cnc2c3ccc(S(C)(=O)=O)cc3n(C(c3ccc(F)cn3)C3CCC(F)(F)CC3)c2c1.Cc1cnn(C)c1-c1cnc2c3ccc(S(C)(=O)=O)cc3n(C(c3ccc(F)cn3)C3CCC(F)(F)CC3)c2c1. The second kappa shape index (κ2) is 20.3. The number of aryl methyl sites for hydroxylation is 4. The van der Waals surface area contributed by atoms with Crippen molar-refractivity contribution < 1.29 is 43.2 Å². The van der Waals surface area contributed by atoms with E-state index in [4.69, 9.17) is 9.97 Å². The van der Waals surface area contributed by atoms with Crippen molar-refractivity contribution in [3.8, 4) is 22.5 Å². The van der Waals surface area contributed by atoms with Gasteiger partial charge in [0.15, 0.2) is 19.7 Å². The molecule has 2 fully saturated rings. The van der Waals surface area contributed by atoms with E-state index < -0.39 is 55.2 Å². The maximum absolute atomic E-state index is 14.3. The van der Waals surface area contributed by atoms with E-state index in [-0.39, 0.29) is 73.0 Å². The van der Waals surface area contributed by atoms with Crippen LogP contribution in [-0.2, 0) is 33.8 Å². The highest BCUT2D eigenvalue weighted by Gasteiger charge is 2.42. The van der Waals surface area contributed by atoms with Gasteiger partial charge < -0.3 is 9.13 Å². The summed E-state index contributed by atoms with van der Waals surface area (Å²) in [4.78, 5) is 18.7. The molecule has 2 aliphatic carbocycles. The molecule has 0 radical (unpaired) electrons. The van der Waals surface area contributed by atoms with Crippen LogP contribution in [0, 0.1) is 37.3 Å². The Bertz CT molecular complexity index is 3940. The minimum atomic E-state index is -3.55. The zero-order chi connectivity index (χ0) is 56.8. The van der Waals surface area contributed by atoms with Crippen LogP contribution in [0.4, 0.5) is 26.3 Å². The van der Waals surface area contributed by atoms with Gasteiger partial charge in [0.2, 0.25) is 11.8 Å². The summed E-state index contributed by atoms with van der Waals surface area (Å²) in [7, 11) is -3.42. The van der Waals surface area contributed by atoms with Crippen LogP contribution in [0.15, 0.2) is 120 Å². The van der Waals surface area contributed by atoms with Gasteiger partial charge in [0.1, 0.15) is 11.6 Å². The second-order valence-corrected chi connectivity index (χ2v) is 25.5. The second-order valence-electron chi connectivity index (χ2n) is 21.5. The first-order valence-electron chi connectivity index (χ1n) is 26.1. The maximum atomic E-state index is 14.3. The van der Waals surface area contributed by atoms with Crippen molar-refractivity contribution in [3.05, 3.63) is 144 Å². The lowest BCUT2D eigenvalue weighted by Gasteiger charge is -2.35. The molecular weight excluding hydrogens is 1080 g/mol. The van der Waals surface area contributed by atoms with Crippen molar-refractivity contribution in [2.45, 2.75) is 98.9 Å². The Balaban J connectivity index is 0.000000169. The number of halogens is 6. The summed E-state index contributed by atoms with van der Waals surface area (Å²) in [5.74, 6) is -6.99. The molecule has 0 amide bonds. The van der Waals surface area contributed by atoms with Gasteiger partial charge in [-0.05, 0) is 135 Å². The van der Waals surface area contributed by atoms with E-state index in [1.807, 2.05) is 49.2 Å². The number of sulfone groups is 2. The highest BCUT2D eigenvalue weighted by molar-refractivity contribution is 7.91. The molecule has 14 nitrogen and oxygen atoms in total. The molecule has 12 rings (SSSR count). The normalized spacial score (nSPS) is 17.1. The van der Waals surface area contributed by atoms with Crippen molar-refractivity contribution in [2.24, 2.45) is 25.9 Å². The largest absolute Gasteiger partial charge is 0.330 e. The van der Waals surface area contributed by atoms with Crippen LogP contribution in [0.25, 0.3) is 66.4 Å². The Labute approximate surface area is 457 Å². The lowest BCUT2D eigenvalue weighted by atomic mass is 9.80. The molecule has 2 aliphatic rings. The average Bonchev–Trinajstić information content (AvgIpc) is 4.13. The first-order valence-corrected chi connectivity index (χ1v) is 29.9. The Morgan fingerprint density at radius 2 is 0.875 bits per heavy atom. The fourth-order valence-corrected chi connectivity index (χ4v) is 13.3. The summed E-state index contributed by atoms with van der Waals surface area (Å²) >= 11 is 0. The highest BCUT2D eigenvalue weighted by atomic mass is 32.2. The first-order chi connectivity index (χ1) is 37.9. The monoisotopic (exact) mass is 1130 g/mol. The Kier molecular flexibility index (Phi) is 13.8. The summed E-state index contributed by atoms with van der Waals surface area (Å²) in [5.41, 5.74) is 10.2. The third kappa shape index (κ3) is 10.2. The van der Waals surface area contributed by atoms with E-state index in [2.05, 4.69) is 20.2 Å². The van der Waals surface area contributed by atoms with Gasteiger partial charge in [0, 0.05) is 86.6 Å². The molecule has 0 aliphatic heterocycles. The molecule has 2 unspecified atom stereocenters. The van der Waals surface area contributed by atoms with Crippen LogP contribution in [0.2, 0.25) is 0 Å². The van der Waals surface area contributed by atoms with Crippen LogP contribution in [0.5, 0.6) is 0 Å². The summed E-state index contributed by atoms with van der Waals surface area (Å²) in [6.07, 6.45) is 11.5. The number of rotatable bonds is 10. The van der Waals surface area contributed by atoms with Gasteiger partial charge in [-0.1, -0.05) is 0 Å². The van der Waals surface area contributed by atoms with Crippen molar-refractivity contribution >= 4 is 63.5 Å². The Hall–Kier alpha value is -7.46. The maximum Gasteiger partial charge on any atom is 0.248 e. The van der Waals surface area contributed by atoms with E-state index in [9.17, 15) is 43.2 Å². The number of aromatic nitrogens is 10. The van der Waals surface area contributed by atoms with Crippen LogP contribution in [0.1, 0.15) is 86.0 Å². The van der Waals surface area contributed by atoms with E-state index in [0.29, 0.717) is 44.5 Å². The van der Waals surface area contributed by atoms with E-state index in [1.54, 1.807) is 82.7 Å². The van der Waals surface area contributed by atoms with Gasteiger partial charge in [0.05, 0.1) is 103 Å². The first kappa shape index (κ1) is 54.5. The zero-order valence-corrected chi connectivity index (χ0v) is 46.2. The number of alkyl halides is 4. The van der Waals surface area contributed by atoms with E-state index >= 15 is 0 Å².